The number of amides is 1. The monoisotopic (exact) mass is 476 g/mol. The van der Waals surface area contributed by atoms with Gasteiger partial charge in [-0.3, -0.25) is 10.1 Å². The van der Waals surface area contributed by atoms with Crippen molar-refractivity contribution >= 4 is 17.9 Å². The number of nitrogens with one attached hydrogen (secondary N) is 1. The van der Waals surface area contributed by atoms with E-state index in [2.05, 4.69) is 17.4 Å². The Balaban J connectivity index is 1.27. The van der Waals surface area contributed by atoms with Crippen molar-refractivity contribution < 1.29 is 28.7 Å². The van der Waals surface area contributed by atoms with Gasteiger partial charge in [0.15, 0.2) is 0 Å². The Bertz CT molecular complexity index is 1180. The molecule has 0 heterocycles. The second-order valence-corrected chi connectivity index (χ2v) is 7.99. The molecule has 1 aliphatic carbocycles. The molecule has 0 bridgehead atoms. The highest BCUT2D eigenvalue weighted by molar-refractivity contribution is 5.79. The van der Waals surface area contributed by atoms with Crippen LogP contribution in [-0.2, 0) is 9.47 Å². The number of nitro benzene ring substituents is 1. The molecule has 0 saturated heterocycles. The number of nitrogens with zero attached hydrogens (tertiary/aromatic N) is 1. The summed E-state index contributed by atoms with van der Waals surface area (Å²) >= 11 is 0. The average Bonchev–Trinajstić information content (AvgIpc) is 3.19. The number of ether oxygens (including phenoxy) is 3. The Labute approximate surface area is 201 Å². The van der Waals surface area contributed by atoms with Crippen molar-refractivity contribution in [1.82, 2.24) is 5.32 Å². The van der Waals surface area contributed by atoms with E-state index in [-0.39, 0.29) is 30.6 Å². The molecule has 0 saturated carbocycles. The first-order valence-electron chi connectivity index (χ1n) is 11.2. The summed E-state index contributed by atoms with van der Waals surface area (Å²) in [4.78, 5) is 34.5. The Kier molecular flexibility index (Phi) is 7.25. The lowest BCUT2D eigenvalue weighted by molar-refractivity contribution is -0.384. The van der Waals surface area contributed by atoms with Crippen molar-refractivity contribution in [2.45, 2.75) is 25.3 Å². The topological polar surface area (TPSA) is 117 Å². The maximum Gasteiger partial charge on any atom is 0.513 e. The molecule has 1 aliphatic rings. The van der Waals surface area contributed by atoms with Crippen molar-refractivity contribution in [3.63, 3.8) is 0 Å². The zero-order valence-electron chi connectivity index (χ0n) is 19.0. The number of non-ortho nitro benzene ring substituents is 1. The van der Waals surface area contributed by atoms with E-state index in [0.29, 0.717) is 6.42 Å². The lowest BCUT2D eigenvalue weighted by Crippen LogP contribution is -2.39. The van der Waals surface area contributed by atoms with Crippen molar-refractivity contribution in [2.24, 2.45) is 0 Å². The van der Waals surface area contributed by atoms with Gasteiger partial charge in [0, 0.05) is 18.1 Å². The minimum Gasteiger partial charge on any atom is -0.449 e. The lowest BCUT2D eigenvalue weighted by atomic mass is 9.98. The number of benzene rings is 3. The van der Waals surface area contributed by atoms with Crippen LogP contribution in [0, 0.1) is 10.1 Å². The molecule has 1 N–H and O–H groups in total. The third kappa shape index (κ3) is 5.57. The second-order valence-electron chi connectivity index (χ2n) is 7.99. The molecule has 1 amide bonds. The van der Waals surface area contributed by atoms with Gasteiger partial charge >= 0.3 is 12.2 Å². The normalized spacial score (nSPS) is 12.7. The van der Waals surface area contributed by atoms with E-state index in [9.17, 15) is 19.7 Å². The van der Waals surface area contributed by atoms with Gasteiger partial charge in [-0.2, -0.15) is 0 Å². The van der Waals surface area contributed by atoms with Gasteiger partial charge in [0.1, 0.15) is 19.0 Å². The quantitative estimate of drug-likeness (QED) is 0.199. The van der Waals surface area contributed by atoms with Crippen LogP contribution in [0.1, 0.15) is 30.4 Å². The summed E-state index contributed by atoms with van der Waals surface area (Å²) in [5.74, 6) is 0.0549. The van der Waals surface area contributed by atoms with Gasteiger partial charge in [-0.25, -0.2) is 9.59 Å². The van der Waals surface area contributed by atoms with Crippen LogP contribution in [-0.4, -0.2) is 36.4 Å². The van der Waals surface area contributed by atoms with Crippen molar-refractivity contribution in [1.29, 1.82) is 0 Å². The van der Waals surface area contributed by atoms with Gasteiger partial charge in [0.25, 0.3) is 5.69 Å². The molecule has 0 radical (unpaired) electrons. The predicted octanol–water partition coefficient (Wildman–Crippen LogP) is 5.43. The van der Waals surface area contributed by atoms with Crippen molar-refractivity contribution in [2.75, 3.05) is 13.2 Å². The van der Waals surface area contributed by atoms with Gasteiger partial charge in [0.05, 0.1) is 11.0 Å². The zero-order valence-corrected chi connectivity index (χ0v) is 19.0. The molecular formula is C26H24N2O7. The number of rotatable bonds is 8. The lowest BCUT2D eigenvalue weighted by Gasteiger charge is -2.18. The third-order valence-corrected chi connectivity index (χ3v) is 5.81. The van der Waals surface area contributed by atoms with Crippen molar-refractivity contribution in [3.8, 4) is 16.9 Å². The van der Waals surface area contributed by atoms with Crippen LogP contribution in [0.2, 0.25) is 0 Å². The molecule has 35 heavy (non-hydrogen) atoms. The summed E-state index contributed by atoms with van der Waals surface area (Å²) in [5.41, 5.74) is 4.40. The summed E-state index contributed by atoms with van der Waals surface area (Å²) in [6.07, 6.45) is -1.09. The fourth-order valence-electron chi connectivity index (χ4n) is 4.00. The van der Waals surface area contributed by atoms with Gasteiger partial charge in [-0.15, -0.1) is 0 Å². The van der Waals surface area contributed by atoms with Crippen LogP contribution in [0.3, 0.4) is 0 Å². The maximum atomic E-state index is 12.5. The number of carbonyl (C=O) groups excluding carboxylic acids is 2. The highest BCUT2D eigenvalue weighted by atomic mass is 16.7. The molecule has 1 atom stereocenters. The molecular weight excluding hydrogens is 452 g/mol. The minimum atomic E-state index is -0.980. The number of carbonyl (C=O) groups is 2. The highest BCUT2D eigenvalue weighted by Crippen LogP contribution is 2.44. The molecule has 9 nitrogen and oxygen atoms in total. The fraction of sp³-hybridized carbons (Fsp3) is 0.231. The molecule has 0 unspecified atom stereocenters. The summed E-state index contributed by atoms with van der Waals surface area (Å²) < 4.78 is 15.6. The molecule has 180 valence electrons. The Hall–Kier alpha value is -4.40. The molecule has 9 heteroatoms. The Morgan fingerprint density at radius 1 is 0.943 bits per heavy atom. The smallest absolute Gasteiger partial charge is 0.449 e. The molecule has 0 aromatic heterocycles. The van der Waals surface area contributed by atoms with E-state index in [0.717, 1.165) is 22.3 Å². The number of nitro groups is 1. The highest BCUT2D eigenvalue weighted by Gasteiger charge is 2.29. The third-order valence-electron chi connectivity index (χ3n) is 5.81. The van der Waals surface area contributed by atoms with Gasteiger partial charge in [-0.1, -0.05) is 55.5 Å². The van der Waals surface area contributed by atoms with E-state index in [1.54, 1.807) is 0 Å². The fourth-order valence-corrected chi connectivity index (χ4v) is 4.00. The van der Waals surface area contributed by atoms with E-state index in [1.165, 1.54) is 24.3 Å². The molecule has 0 fully saturated rings. The maximum absolute atomic E-state index is 12.5. The van der Waals surface area contributed by atoms with E-state index in [1.807, 2.05) is 43.3 Å². The first-order chi connectivity index (χ1) is 17.0. The Morgan fingerprint density at radius 3 is 2.11 bits per heavy atom. The average molecular weight is 476 g/mol. The number of alkyl carbamates (subject to hydrolysis) is 1. The van der Waals surface area contributed by atoms with E-state index in [4.69, 9.17) is 14.2 Å². The van der Waals surface area contributed by atoms with Crippen LogP contribution in [0.5, 0.6) is 5.75 Å². The molecule has 0 spiro atoms. The van der Waals surface area contributed by atoms with Crippen LogP contribution in [0.15, 0.2) is 72.8 Å². The largest absolute Gasteiger partial charge is 0.513 e. The molecule has 3 aromatic carbocycles. The minimum absolute atomic E-state index is 0.0545. The zero-order chi connectivity index (χ0) is 24.8. The van der Waals surface area contributed by atoms with Crippen LogP contribution < -0.4 is 10.1 Å². The van der Waals surface area contributed by atoms with Crippen LogP contribution in [0.25, 0.3) is 11.1 Å². The Morgan fingerprint density at radius 2 is 1.54 bits per heavy atom. The van der Waals surface area contributed by atoms with E-state index < -0.39 is 23.2 Å². The van der Waals surface area contributed by atoms with E-state index >= 15 is 0 Å². The summed E-state index contributed by atoms with van der Waals surface area (Å²) in [7, 11) is 0. The predicted molar refractivity (Wildman–Crippen MR) is 127 cm³/mol. The standard InChI is InChI=1S/C26H24N2O7/c1-2-17(15-34-26(30)35-19-13-11-18(12-14-19)28(31)32)27-25(29)33-16-24-22-9-5-3-7-20(22)21-8-4-6-10-23(21)24/h3-14,17,24H,2,15-16H2,1H3,(H,27,29)/t17-/m0/s1. The second kappa shape index (κ2) is 10.7. The van der Waals surface area contributed by atoms with Crippen LogP contribution >= 0.6 is 0 Å². The van der Waals surface area contributed by atoms with Gasteiger partial charge in [0.2, 0.25) is 0 Å². The number of hydrogen-bond donors (Lipinski definition) is 1. The summed E-state index contributed by atoms with van der Waals surface area (Å²) in [6, 6.07) is 20.7. The SMILES string of the molecule is CC[C@@H](COC(=O)Oc1ccc([N+](=O)[O-])cc1)NC(=O)OCC1c2ccccc2-c2ccccc21. The summed E-state index contributed by atoms with van der Waals surface area (Å²) in [6.45, 7) is 1.89. The van der Waals surface area contributed by atoms with Gasteiger partial charge in [-0.05, 0) is 40.8 Å². The molecule has 4 rings (SSSR count). The first kappa shape index (κ1) is 23.7. The van der Waals surface area contributed by atoms with Gasteiger partial charge < -0.3 is 19.5 Å². The number of hydrogen-bond acceptors (Lipinski definition) is 7. The summed E-state index contributed by atoms with van der Waals surface area (Å²) in [5, 5.41) is 13.4. The number of fused-ring (bicyclic) bond motifs is 3. The molecule has 3 aromatic rings. The van der Waals surface area contributed by atoms with Crippen LogP contribution in [0.4, 0.5) is 15.3 Å². The first-order valence-corrected chi connectivity index (χ1v) is 11.2. The molecule has 0 aliphatic heterocycles. The van der Waals surface area contributed by atoms with Crippen molar-refractivity contribution in [3.05, 3.63) is 94.0 Å².